The van der Waals surface area contributed by atoms with Gasteiger partial charge < -0.3 is 10.1 Å². The van der Waals surface area contributed by atoms with Crippen molar-refractivity contribution < 1.29 is 19.1 Å². The van der Waals surface area contributed by atoms with Crippen molar-refractivity contribution in [3.05, 3.63) is 59.7 Å². The summed E-state index contributed by atoms with van der Waals surface area (Å²) in [6.07, 6.45) is 0. The maximum Gasteiger partial charge on any atom is 0.262 e. The van der Waals surface area contributed by atoms with Gasteiger partial charge in [-0.25, -0.2) is 0 Å². The number of amides is 1. The second kappa shape index (κ2) is 7.35. The number of hydrogen-bond acceptors (Lipinski definition) is 4. The molecule has 0 atom stereocenters. The van der Waals surface area contributed by atoms with Crippen LogP contribution in [0.1, 0.15) is 34.6 Å². The highest BCUT2D eigenvalue weighted by Crippen LogP contribution is 2.18. The maximum absolute atomic E-state index is 11.9. The first kappa shape index (κ1) is 16.4. The van der Waals surface area contributed by atoms with Gasteiger partial charge >= 0.3 is 0 Å². The van der Waals surface area contributed by atoms with Gasteiger partial charge in [0.25, 0.3) is 5.91 Å². The molecule has 118 valence electrons. The van der Waals surface area contributed by atoms with Gasteiger partial charge in [0.1, 0.15) is 5.75 Å². The van der Waals surface area contributed by atoms with Crippen molar-refractivity contribution in [2.45, 2.75) is 13.8 Å². The summed E-state index contributed by atoms with van der Waals surface area (Å²) in [4.78, 5) is 34.8. The van der Waals surface area contributed by atoms with Crippen LogP contribution >= 0.6 is 0 Å². The second-order valence-electron chi connectivity index (χ2n) is 5.03. The standard InChI is InChI=1S/C18H17NO4/c1-12(20)14-6-5-7-15(10-14)19-18(22)11-23-17-9-4-3-8-16(17)13(2)21/h3-10H,11H2,1-2H3,(H,19,22). The monoisotopic (exact) mass is 311 g/mol. The smallest absolute Gasteiger partial charge is 0.262 e. The SMILES string of the molecule is CC(=O)c1cccc(NC(=O)COc2ccccc2C(C)=O)c1. The molecule has 0 saturated carbocycles. The van der Waals surface area contributed by atoms with E-state index in [0.717, 1.165) is 0 Å². The zero-order valence-electron chi connectivity index (χ0n) is 13.0. The summed E-state index contributed by atoms with van der Waals surface area (Å²) in [6.45, 7) is 2.67. The molecular weight excluding hydrogens is 294 g/mol. The number of ether oxygens (including phenoxy) is 1. The van der Waals surface area contributed by atoms with Gasteiger partial charge in [0, 0.05) is 11.3 Å². The molecule has 0 aliphatic carbocycles. The minimum Gasteiger partial charge on any atom is -0.483 e. The highest BCUT2D eigenvalue weighted by atomic mass is 16.5. The van der Waals surface area contributed by atoms with Crippen LogP contribution in [0.5, 0.6) is 5.75 Å². The maximum atomic E-state index is 11.9. The van der Waals surface area contributed by atoms with Gasteiger partial charge in [-0.2, -0.15) is 0 Å². The number of carbonyl (C=O) groups excluding carboxylic acids is 3. The summed E-state index contributed by atoms with van der Waals surface area (Å²) in [6, 6.07) is 13.4. The van der Waals surface area contributed by atoms with E-state index in [4.69, 9.17) is 4.74 Å². The zero-order chi connectivity index (χ0) is 16.8. The minimum absolute atomic E-state index is 0.0762. The molecule has 1 amide bonds. The predicted molar refractivity (Wildman–Crippen MR) is 87.0 cm³/mol. The van der Waals surface area contributed by atoms with E-state index < -0.39 is 0 Å². The van der Waals surface area contributed by atoms with E-state index in [2.05, 4.69) is 5.32 Å². The van der Waals surface area contributed by atoms with Crippen molar-refractivity contribution in [1.29, 1.82) is 0 Å². The van der Waals surface area contributed by atoms with Gasteiger partial charge in [0.05, 0.1) is 5.56 Å². The fraction of sp³-hybridized carbons (Fsp3) is 0.167. The zero-order valence-corrected chi connectivity index (χ0v) is 13.0. The first-order valence-corrected chi connectivity index (χ1v) is 7.11. The lowest BCUT2D eigenvalue weighted by Crippen LogP contribution is -2.20. The molecule has 0 bridgehead atoms. The normalized spacial score (nSPS) is 10.0. The van der Waals surface area contributed by atoms with Gasteiger partial charge in [0.15, 0.2) is 18.2 Å². The van der Waals surface area contributed by atoms with Crippen molar-refractivity contribution in [3.8, 4) is 5.75 Å². The summed E-state index contributed by atoms with van der Waals surface area (Å²) in [5.41, 5.74) is 1.47. The van der Waals surface area contributed by atoms with E-state index in [9.17, 15) is 14.4 Å². The summed E-state index contributed by atoms with van der Waals surface area (Å²) in [5, 5.41) is 2.66. The summed E-state index contributed by atoms with van der Waals surface area (Å²) in [7, 11) is 0. The van der Waals surface area contributed by atoms with Crippen LogP contribution < -0.4 is 10.1 Å². The van der Waals surface area contributed by atoms with Crippen molar-refractivity contribution in [1.82, 2.24) is 0 Å². The highest BCUT2D eigenvalue weighted by Gasteiger charge is 2.10. The van der Waals surface area contributed by atoms with Gasteiger partial charge in [0.2, 0.25) is 0 Å². The molecule has 5 nitrogen and oxygen atoms in total. The Morgan fingerprint density at radius 1 is 0.957 bits per heavy atom. The van der Waals surface area contributed by atoms with Gasteiger partial charge in [-0.15, -0.1) is 0 Å². The lowest BCUT2D eigenvalue weighted by atomic mass is 10.1. The van der Waals surface area contributed by atoms with Crippen LogP contribution in [-0.4, -0.2) is 24.1 Å². The third-order valence-electron chi connectivity index (χ3n) is 3.18. The topological polar surface area (TPSA) is 72.5 Å². The Morgan fingerprint density at radius 3 is 2.39 bits per heavy atom. The molecule has 23 heavy (non-hydrogen) atoms. The van der Waals surface area contributed by atoms with Crippen LogP contribution in [0.4, 0.5) is 5.69 Å². The Kier molecular flexibility index (Phi) is 5.25. The minimum atomic E-state index is -0.371. The Labute approximate surface area is 134 Å². The molecule has 0 aliphatic rings. The van der Waals surface area contributed by atoms with Crippen molar-refractivity contribution in [2.24, 2.45) is 0 Å². The van der Waals surface area contributed by atoms with Crippen LogP contribution in [0.3, 0.4) is 0 Å². The van der Waals surface area contributed by atoms with E-state index in [1.165, 1.54) is 13.8 Å². The number of para-hydroxylation sites is 1. The summed E-state index contributed by atoms with van der Waals surface area (Å²) >= 11 is 0. The lowest BCUT2D eigenvalue weighted by molar-refractivity contribution is -0.118. The van der Waals surface area contributed by atoms with Crippen LogP contribution in [0, 0.1) is 0 Å². The molecule has 2 aromatic carbocycles. The van der Waals surface area contributed by atoms with Crippen LogP contribution in [0.25, 0.3) is 0 Å². The Bertz CT molecular complexity index is 752. The molecule has 0 unspecified atom stereocenters. The first-order valence-electron chi connectivity index (χ1n) is 7.11. The Hall–Kier alpha value is -2.95. The lowest BCUT2D eigenvalue weighted by Gasteiger charge is -2.10. The quantitative estimate of drug-likeness (QED) is 0.832. The molecule has 0 fully saturated rings. The van der Waals surface area contributed by atoms with Gasteiger partial charge in [-0.1, -0.05) is 24.3 Å². The van der Waals surface area contributed by atoms with Crippen molar-refractivity contribution in [3.63, 3.8) is 0 Å². The number of anilines is 1. The second-order valence-corrected chi connectivity index (χ2v) is 5.03. The Morgan fingerprint density at radius 2 is 1.70 bits per heavy atom. The third-order valence-corrected chi connectivity index (χ3v) is 3.18. The number of ketones is 2. The van der Waals surface area contributed by atoms with Crippen LogP contribution in [-0.2, 0) is 4.79 Å². The molecule has 0 aromatic heterocycles. The van der Waals surface area contributed by atoms with Gasteiger partial charge in [-0.3, -0.25) is 14.4 Å². The predicted octanol–water partition coefficient (Wildman–Crippen LogP) is 3.11. The average Bonchev–Trinajstić information content (AvgIpc) is 2.53. The number of Topliss-reactive ketones (excluding diaryl/α,β-unsaturated/α-hetero) is 2. The van der Waals surface area contributed by atoms with Gasteiger partial charge in [-0.05, 0) is 38.1 Å². The number of hydrogen-bond donors (Lipinski definition) is 1. The molecule has 2 aromatic rings. The molecule has 0 spiro atoms. The van der Waals surface area contributed by atoms with Crippen molar-refractivity contribution >= 4 is 23.2 Å². The van der Waals surface area contributed by atoms with E-state index in [1.54, 1.807) is 48.5 Å². The molecule has 2 rings (SSSR count). The molecule has 5 heteroatoms. The fourth-order valence-corrected chi connectivity index (χ4v) is 2.04. The molecule has 0 heterocycles. The molecule has 0 radical (unpaired) electrons. The third kappa shape index (κ3) is 4.51. The number of nitrogens with one attached hydrogen (secondary N) is 1. The van der Waals surface area contributed by atoms with E-state index in [-0.39, 0.29) is 24.1 Å². The summed E-state index contributed by atoms with van der Waals surface area (Å²) < 4.78 is 5.41. The average molecular weight is 311 g/mol. The van der Waals surface area contributed by atoms with E-state index >= 15 is 0 Å². The van der Waals surface area contributed by atoms with Crippen LogP contribution in [0.2, 0.25) is 0 Å². The molecule has 0 saturated heterocycles. The highest BCUT2D eigenvalue weighted by molar-refractivity contribution is 5.98. The van der Waals surface area contributed by atoms with E-state index in [1.807, 2.05) is 0 Å². The molecular formula is C18H17NO4. The van der Waals surface area contributed by atoms with Crippen LogP contribution in [0.15, 0.2) is 48.5 Å². The van der Waals surface area contributed by atoms with E-state index in [0.29, 0.717) is 22.6 Å². The number of benzene rings is 2. The number of carbonyl (C=O) groups is 3. The van der Waals surface area contributed by atoms with Crippen molar-refractivity contribution in [2.75, 3.05) is 11.9 Å². The number of rotatable bonds is 6. The molecule has 0 aliphatic heterocycles. The first-order chi connectivity index (χ1) is 11.0. The fourth-order valence-electron chi connectivity index (χ4n) is 2.04. The summed E-state index contributed by atoms with van der Waals surface area (Å²) in [5.74, 6) is -0.209. The Balaban J connectivity index is 2.00. The molecule has 1 N–H and O–H groups in total. The largest absolute Gasteiger partial charge is 0.483 e.